The van der Waals surface area contributed by atoms with Crippen molar-refractivity contribution in [2.45, 2.75) is 18.4 Å². The largest absolute Gasteiger partial charge is 0.494 e. The molecule has 0 aliphatic heterocycles. The smallest absolute Gasteiger partial charge is 0.261 e. The van der Waals surface area contributed by atoms with Crippen LogP contribution in [0.2, 0.25) is 0 Å². The predicted molar refractivity (Wildman–Crippen MR) is 112 cm³/mol. The molecule has 0 spiro atoms. The van der Waals surface area contributed by atoms with E-state index in [2.05, 4.69) is 10.0 Å². The predicted octanol–water partition coefficient (Wildman–Crippen LogP) is 3.82. The van der Waals surface area contributed by atoms with Crippen molar-refractivity contribution in [1.82, 2.24) is 5.32 Å². The quantitative estimate of drug-likeness (QED) is 0.591. The zero-order valence-electron chi connectivity index (χ0n) is 16.0. The number of sulfonamides is 1. The third-order valence-electron chi connectivity index (χ3n) is 4.12. The summed E-state index contributed by atoms with van der Waals surface area (Å²) in [5.74, 6) is 0.319. The minimum Gasteiger partial charge on any atom is -0.494 e. The van der Waals surface area contributed by atoms with Gasteiger partial charge in [-0.15, -0.1) is 0 Å². The maximum Gasteiger partial charge on any atom is 0.261 e. The molecule has 0 radical (unpaired) electrons. The summed E-state index contributed by atoms with van der Waals surface area (Å²) in [7, 11) is -3.78. The lowest BCUT2D eigenvalue weighted by Crippen LogP contribution is -2.23. The summed E-state index contributed by atoms with van der Waals surface area (Å²) in [4.78, 5) is 12.5. The number of hydrogen-bond acceptors (Lipinski definition) is 4. The fraction of sp³-hybridized carbons (Fsp3) is 0.136. The van der Waals surface area contributed by atoms with Gasteiger partial charge in [-0.1, -0.05) is 36.4 Å². The number of nitrogens with one attached hydrogen (secondary N) is 2. The number of hydrogen-bond donors (Lipinski definition) is 2. The summed E-state index contributed by atoms with van der Waals surface area (Å²) in [6.07, 6.45) is 0. The Labute approximate surface area is 170 Å². The van der Waals surface area contributed by atoms with Crippen LogP contribution in [0, 0.1) is 0 Å². The van der Waals surface area contributed by atoms with E-state index in [9.17, 15) is 13.2 Å². The first-order chi connectivity index (χ1) is 14.0. The Morgan fingerprint density at radius 2 is 1.66 bits per heavy atom. The van der Waals surface area contributed by atoms with Gasteiger partial charge in [0.15, 0.2) is 0 Å². The molecule has 0 aromatic heterocycles. The highest BCUT2D eigenvalue weighted by Gasteiger charge is 2.15. The molecule has 3 aromatic carbocycles. The Bertz CT molecular complexity index is 1070. The van der Waals surface area contributed by atoms with Crippen molar-refractivity contribution >= 4 is 21.6 Å². The number of benzene rings is 3. The molecule has 3 aromatic rings. The van der Waals surface area contributed by atoms with Crippen LogP contribution in [0.4, 0.5) is 5.69 Å². The van der Waals surface area contributed by atoms with E-state index in [4.69, 9.17) is 4.74 Å². The molecule has 0 unspecified atom stereocenters. The lowest BCUT2D eigenvalue weighted by atomic mass is 10.2. The molecule has 2 N–H and O–H groups in total. The average Bonchev–Trinajstić information content (AvgIpc) is 2.73. The Kier molecular flexibility index (Phi) is 6.51. The van der Waals surface area contributed by atoms with Gasteiger partial charge < -0.3 is 10.1 Å². The zero-order valence-corrected chi connectivity index (χ0v) is 16.8. The summed E-state index contributed by atoms with van der Waals surface area (Å²) in [6.45, 7) is 2.75. The normalized spacial score (nSPS) is 10.9. The molecule has 0 heterocycles. The highest BCUT2D eigenvalue weighted by molar-refractivity contribution is 7.92. The lowest BCUT2D eigenvalue weighted by Gasteiger charge is -2.11. The van der Waals surface area contributed by atoms with Crippen LogP contribution in [0.5, 0.6) is 5.75 Å². The third kappa shape index (κ3) is 5.58. The van der Waals surface area contributed by atoms with Crippen molar-refractivity contribution in [1.29, 1.82) is 0 Å². The Morgan fingerprint density at radius 1 is 0.931 bits per heavy atom. The van der Waals surface area contributed by atoms with Crippen LogP contribution in [0.1, 0.15) is 22.8 Å². The van der Waals surface area contributed by atoms with Gasteiger partial charge in [-0.3, -0.25) is 9.52 Å². The minimum atomic E-state index is -3.78. The summed E-state index contributed by atoms with van der Waals surface area (Å²) >= 11 is 0. The average molecular weight is 410 g/mol. The van der Waals surface area contributed by atoms with Crippen molar-refractivity contribution in [3.05, 3.63) is 90.0 Å². The van der Waals surface area contributed by atoms with E-state index in [1.807, 2.05) is 37.3 Å². The lowest BCUT2D eigenvalue weighted by molar-refractivity contribution is 0.0951. The van der Waals surface area contributed by atoms with E-state index in [-0.39, 0.29) is 10.8 Å². The van der Waals surface area contributed by atoms with Gasteiger partial charge in [-0.05, 0) is 55.0 Å². The Hall–Kier alpha value is -3.32. The molecule has 3 rings (SSSR count). The molecule has 6 nitrogen and oxygen atoms in total. The monoisotopic (exact) mass is 410 g/mol. The van der Waals surface area contributed by atoms with Crippen LogP contribution in [0.25, 0.3) is 0 Å². The van der Waals surface area contributed by atoms with Crippen molar-refractivity contribution < 1.29 is 17.9 Å². The number of anilines is 1. The number of carbonyl (C=O) groups is 1. The topological polar surface area (TPSA) is 84.5 Å². The molecule has 7 heteroatoms. The van der Waals surface area contributed by atoms with Crippen molar-refractivity contribution in [3.8, 4) is 5.75 Å². The molecule has 0 bridgehead atoms. The van der Waals surface area contributed by atoms with Crippen LogP contribution in [0.15, 0.2) is 83.8 Å². The molecular formula is C22H22N2O4S. The Morgan fingerprint density at radius 3 is 2.34 bits per heavy atom. The second kappa shape index (κ2) is 9.25. The molecule has 1 amide bonds. The number of amides is 1. The fourth-order valence-corrected chi connectivity index (χ4v) is 3.75. The van der Waals surface area contributed by atoms with Gasteiger partial charge in [0.2, 0.25) is 0 Å². The first kappa shape index (κ1) is 20.4. The second-order valence-electron chi connectivity index (χ2n) is 6.26. The van der Waals surface area contributed by atoms with E-state index in [1.54, 1.807) is 30.3 Å². The molecular weight excluding hydrogens is 388 g/mol. The Balaban J connectivity index is 1.69. The van der Waals surface area contributed by atoms with Crippen molar-refractivity contribution in [2.24, 2.45) is 0 Å². The van der Waals surface area contributed by atoms with Gasteiger partial charge in [0.1, 0.15) is 5.75 Å². The van der Waals surface area contributed by atoms with Gasteiger partial charge in [-0.2, -0.15) is 0 Å². The molecule has 0 aliphatic carbocycles. The number of ether oxygens (including phenoxy) is 1. The van der Waals surface area contributed by atoms with Crippen molar-refractivity contribution in [2.75, 3.05) is 11.3 Å². The van der Waals surface area contributed by atoms with Crippen molar-refractivity contribution in [3.63, 3.8) is 0 Å². The second-order valence-corrected chi connectivity index (χ2v) is 7.94. The first-order valence-electron chi connectivity index (χ1n) is 9.16. The van der Waals surface area contributed by atoms with E-state index in [0.717, 1.165) is 5.56 Å². The zero-order chi connectivity index (χ0) is 20.7. The third-order valence-corrected chi connectivity index (χ3v) is 5.52. The fourth-order valence-electron chi connectivity index (χ4n) is 2.70. The summed E-state index contributed by atoms with van der Waals surface area (Å²) in [6, 6.07) is 22.1. The van der Waals surface area contributed by atoms with Gasteiger partial charge in [0.25, 0.3) is 15.9 Å². The molecule has 0 atom stereocenters. The maximum atomic E-state index is 12.6. The highest BCUT2D eigenvalue weighted by atomic mass is 32.2. The van der Waals surface area contributed by atoms with Gasteiger partial charge in [-0.25, -0.2) is 8.42 Å². The number of rotatable bonds is 8. The molecule has 0 aliphatic rings. The molecule has 0 saturated heterocycles. The molecule has 150 valence electrons. The van der Waals surface area contributed by atoms with Gasteiger partial charge in [0, 0.05) is 17.8 Å². The van der Waals surface area contributed by atoms with Crippen LogP contribution in [-0.4, -0.2) is 20.9 Å². The molecule has 0 fully saturated rings. The highest BCUT2D eigenvalue weighted by Crippen LogP contribution is 2.20. The summed E-state index contributed by atoms with van der Waals surface area (Å²) < 4.78 is 33.1. The first-order valence-corrected chi connectivity index (χ1v) is 10.6. The van der Waals surface area contributed by atoms with Crippen LogP contribution < -0.4 is 14.8 Å². The van der Waals surface area contributed by atoms with Gasteiger partial charge in [0.05, 0.1) is 11.5 Å². The minimum absolute atomic E-state index is 0.111. The van der Waals surface area contributed by atoms with E-state index >= 15 is 0 Å². The summed E-state index contributed by atoms with van der Waals surface area (Å²) in [5.41, 5.74) is 1.66. The summed E-state index contributed by atoms with van der Waals surface area (Å²) in [5, 5.41) is 2.83. The van der Waals surface area contributed by atoms with Crippen LogP contribution in [-0.2, 0) is 16.6 Å². The van der Waals surface area contributed by atoms with Gasteiger partial charge >= 0.3 is 0 Å². The maximum absolute atomic E-state index is 12.6. The molecule has 0 saturated carbocycles. The molecule has 29 heavy (non-hydrogen) atoms. The van der Waals surface area contributed by atoms with Crippen LogP contribution >= 0.6 is 0 Å². The van der Waals surface area contributed by atoms with E-state index in [1.165, 1.54) is 18.2 Å². The number of carbonyl (C=O) groups excluding carboxylic acids is 1. The van der Waals surface area contributed by atoms with E-state index < -0.39 is 10.0 Å². The standard InChI is InChI=1S/C22H22N2O4S/c1-2-28-20-11-13-21(14-12-20)29(26,27)24-19-10-6-9-18(15-19)22(25)23-16-17-7-4-3-5-8-17/h3-15,24H,2,16H2,1H3,(H,23,25). The van der Waals surface area contributed by atoms with E-state index in [0.29, 0.717) is 30.2 Å². The SMILES string of the molecule is CCOc1ccc(S(=O)(=O)Nc2cccc(C(=O)NCc3ccccc3)c2)cc1. The van der Waals surface area contributed by atoms with Crippen LogP contribution in [0.3, 0.4) is 0 Å².